The van der Waals surface area contributed by atoms with Gasteiger partial charge in [-0.05, 0) is 48.4 Å². The molecule has 0 aliphatic heterocycles. The Labute approximate surface area is 185 Å². The minimum atomic E-state index is -4.77. The highest BCUT2D eigenvalue weighted by Gasteiger charge is 2.31. The van der Waals surface area contributed by atoms with E-state index in [0.29, 0.717) is 35.6 Å². The predicted octanol–water partition coefficient (Wildman–Crippen LogP) is 3.78. The van der Waals surface area contributed by atoms with Gasteiger partial charge in [0.25, 0.3) is 5.91 Å². The molecule has 1 aromatic carbocycles. The summed E-state index contributed by atoms with van der Waals surface area (Å²) in [6.45, 7) is 2.26. The molecule has 0 unspecified atom stereocenters. The molecule has 32 heavy (non-hydrogen) atoms. The van der Waals surface area contributed by atoms with Crippen molar-refractivity contribution in [2.24, 2.45) is 4.99 Å². The van der Waals surface area contributed by atoms with Crippen LogP contribution < -0.4 is 14.9 Å². The molecular weight excluding hydrogens is 445 g/mol. The number of thiazole rings is 1. The topological polar surface area (TPSA) is 85.6 Å². The summed E-state index contributed by atoms with van der Waals surface area (Å²) in [5.74, 6) is -0.997. The third-order valence-electron chi connectivity index (χ3n) is 4.19. The zero-order chi connectivity index (χ0) is 23.1. The fourth-order valence-corrected chi connectivity index (χ4v) is 3.76. The number of halogens is 3. The van der Waals surface area contributed by atoms with Crippen LogP contribution in [0.2, 0.25) is 0 Å². The third-order valence-corrected chi connectivity index (χ3v) is 5.06. The van der Waals surface area contributed by atoms with Crippen molar-refractivity contribution in [2.45, 2.75) is 26.3 Å². The van der Waals surface area contributed by atoms with Crippen molar-refractivity contribution >= 4 is 23.2 Å². The van der Waals surface area contributed by atoms with E-state index in [0.717, 1.165) is 0 Å². The van der Waals surface area contributed by atoms with E-state index in [1.165, 1.54) is 48.7 Å². The highest BCUT2D eigenvalue weighted by atomic mass is 32.1. The molecule has 2 aromatic heterocycles. The Balaban J connectivity index is 1.92. The number of aromatic nitrogens is 2. The SMILES string of the molecule is CC(=O)NCCCn1c(-c2ccc(OC(F)(F)F)cc2)csc1=NC(=O)c1ccccn1. The maximum atomic E-state index is 12.5. The Bertz CT molecular complexity index is 1140. The molecule has 3 aromatic rings. The largest absolute Gasteiger partial charge is 0.573 e. The van der Waals surface area contributed by atoms with Crippen LogP contribution in [0.5, 0.6) is 5.75 Å². The van der Waals surface area contributed by atoms with E-state index in [2.05, 4.69) is 20.0 Å². The number of amides is 2. The Kier molecular flexibility index (Phi) is 7.41. The molecule has 0 aliphatic carbocycles. The van der Waals surface area contributed by atoms with E-state index in [1.807, 2.05) is 0 Å². The molecule has 0 aliphatic rings. The number of ether oxygens (including phenoxy) is 1. The minimum Gasteiger partial charge on any atom is -0.406 e. The Morgan fingerprint density at radius 1 is 1.19 bits per heavy atom. The van der Waals surface area contributed by atoms with Crippen LogP contribution in [-0.4, -0.2) is 34.3 Å². The molecule has 1 N–H and O–H groups in total. The number of carbonyl (C=O) groups is 2. The molecule has 0 spiro atoms. The lowest BCUT2D eigenvalue weighted by atomic mass is 10.1. The number of hydrogen-bond donors (Lipinski definition) is 1. The molecule has 0 bridgehead atoms. The van der Waals surface area contributed by atoms with Gasteiger partial charge in [-0.3, -0.25) is 14.6 Å². The number of nitrogens with zero attached hydrogens (tertiary/aromatic N) is 3. The average Bonchev–Trinajstić information content (AvgIpc) is 3.13. The minimum absolute atomic E-state index is 0.156. The fourth-order valence-electron chi connectivity index (χ4n) is 2.83. The van der Waals surface area contributed by atoms with E-state index in [4.69, 9.17) is 0 Å². The second-order valence-electron chi connectivity index (χ2n) is 6.60. The van der Waals surface area contributed by atoms with E-state index < -0.39 is 12.3 Å². The second kappa shape index (κ2) is 10.2. The van der Waals surface area contributed by atoms with Gasteiger partial charge in [0.05, 0.1) is 5.69 Å². The molecular formula is C21H19F3N4O3S. The standard InChI is InChI=1S/C21H19F3N4O3S/c1-14(29)25-11-4-12-28-18(15-6-8-16(9-7-15)31-21(22,23)24)13-32-20(28)27-19(30)17-5-2-3-10-26-17/h2-3,5-10,13H,4,11-12H2,1H3,(H,25,29). The van der Waals surface area contributed by atoms with Gasteiger partial charge in [-0.1, -0.05) is 6.07 Å². The number of carbonyl (C=O) groups excluding carboxylic acids is 2. The van der Waals surface area contributed by atoms with Crippen LogP contribution in [0, 0.1) is 0 Å². The van der Waals surface area contributed by atoms with E-state index in [1.54, 1.807) is 28.1 Å². The van der Waals surface area contributed by atoms with Crippen LogP contribution in [0.3, 0.4) is 0 Å². The fraction of sp³-hybridized carbons (Fsp3) is 0.238. The van der Waals surface area contributed by atoms with Gasteiger partial charge in [0, 0.05) is 31.6 Å². The summed E-state index contributed by atoms with van der Waals surface area (Å²) in [5, 5.41) is 4.47. The summed E-state index contributed by atoms with van der Waals surface area (Å²) in [5.41, 5.74) is 1.49. The van der Waals surface area contributed by atoms with Gasteiger partial charge in [0.2, 0.25) is 5.91 Å². The summed E-state index contributed by atoms with van der Waals surface area (Å²) >= 11 is 1.22. The first-order valence-electron chi connectivity index (χ1n) is 9.52. The van der Waals surface area contributed by atoms with Gasteiger partial charge in [-0.15, -0.1) is 24.5 Å². The molecule has 168 valence electrons. The maximum Gasteiger partial charge on any atom is 0.573 e. The Morgan fingerprint density at radius 3 is 2.56 bits per heavy atom. The van der Waals surface area contributed by atoms with Crippen LogP contribution in [0.4, 0.5) is 13.2 Å². The van der Waals surface area contributed by atoms with Crippen molar-refractivity contribution in [1.29, 1.82) is 0 Å². The summed E-state index contributed by atoms with van der Waals surface area (Å²) in [4.78, 5) is 32.2. The molecule has 0 fully saturated rings. The smallest absolute Gasteiger partial charge is 0.406 e. The highest BCUT2D eigenvalue weighted by molar-refractivity contribution is 7.07. The molecule has 2 amide bonds. The van der Waals surface area contributed by atoms with Gasteiger partial charge in [0.1, 0.15) is 11.4 Å². The van der Waals surface area contributed by atoms with Crippen LogP contribution in [0.15, 0.2) is 59.0 Å². The second-order valence-corrected chi connectivity index (χ2v) is 7.43. The molecule has 11 heteroatoms. The van der Waals surface area contributed by atoms with Crippen molar-refractivity contribution in [1.82, 2.24) is 14.9 Å². The molecule has 7 nitrogen and oxygen atoms in total. The van der Waals surface area contributed by atoms with Crippen LogP contribution >= 0.6 is 11.3 Å². The van der Waals surface area contributed by atoms with Crippen LogP contribution in [0.25, 0.3) is 11.3 Å². The van der Waals surface area contributed by atoms with Crippen molar-refractivity contribution < 1.29 is 27.5 Å². The summed E-state index contributed by atoms with van der Waals surface area (Å²) in [6.07, 6.45) is -2.72. The first-order chi connectivity index (χ1) is 15.2. The molecule has 3 rings (SSSR count). The molecule has 0 saturated heterocycles. The number of nitrogens with one attached hydrogen (secondary N) is 1. The first kappa shape index (κ1) is 23.2. The molecule has 2 heterocycles. The van der Waals surface area contributed by atoms with Gasteiger partial charge in [-0.2, -0.15) is 4.99 Å². The quantitative estimate of drug-likeness (QED) is 0.540. The zero-order valence-electron chi connectivity index (χ0n) is 16.9. The maximum absolute atomic E-state index is 12.5. The van der Waals surface area contributed by atoms with Crippen molar-refractivity contribution in [3.8, 4) is 17.0 Å². The lowest BCUT2D eigenvalue weighted by molar-refractivity contribution is -0.274. The highest BCUT2D eigenvalue weighted by Crippen LogP contribution is 2.27. The average molecular weight is 464 g/mol. The van der Waals surface area contributed by atoms with Gasteiger partial charge < -0.3 is 14.6 Å². The number of hydrogen-bond acceptors (Lipinski definition) is 5. The molecule has 0 saturated carbocycles. The predicted molar refractivity (Wildman–Crippen MR) is 112 cm³/mol. The Morgan fingerprint density at radius 2 is 1.94 bits per heavy atom. The first-order valence-corrected chi connectivity index (χ1v) is 10.4. The van der Waals surface area contributed by atoms with E-state index in [9.17, 15) is 22.8 Å². The van der Waals surface area contributed by atoms with Crippen LogP contribution in [0.1, 0.15) is 23.8 Å². The molecule has 0 radical (unpaired) electrons. The lowest BCUT2D eigenvalue weighted by Gasteiger charge is -2.11. The van der Waals surface area contributed by atoms with Gasteiger partial charge >= 0.3 is 6.36 Å². The van der Waals surface area contributed by atoms with Gasteiger partial charge in [-0.25, -0.2) is 0 Å². The monoisotopic (exact) mass is 464 g/mol. The third kappa shape index (κ3) is 6.51. The number of alkyl halides is 3. The van der Waals surface area contributed by atoms with Crippen molar-refractivity contribution in [3.63, 3.8) is 0 Å². The number of benzene rings is 1. The Hall–Kier alpha value is -3.47. The van der Waals surface area contributed by atoms with Gasteiger partial charge in [0.15, 0.2) is 4.80 Å². The summed E-state index contributed by atoms with van der Waals surface area (Å²) < 4.78 is 43.0. The number of rotatable bonds is 7. The van der Waals surface area contributed by atoms with Crippen molar-refractivity contribution in [3.05, 3.63) is 64.5 Å². The zero-order valence-corrected chi connectivity index (χ0v) is 17.7. The van der Waals surface area contributed by atoms with Crippen LogP contribution in [-0.2, 0) is 11.3 Å². The summed E-state index contributed by atoms with van der Waals surface area (Å²) in [7, 11) is 0. The molecule has 0 atom stereocenters. The number of pyridine rings is 1. The summed E-state index contributed by atoms with van der Waals surface area (Å²) in [6, 6.07) is 10.4. The van der Waals surface area contributed by atoms with Crippen molar-refractivity contribution in [2.75, 3.05) is 6.54 Å². The van der Waals surface area contributed by atoms with E-state index in [-0.39, 0.29) is 17.4 Å². The normalized spacial score (nSPS) is 11.9. The van der Waals surface area contributed by atoms with E-state index >= 15 is 0 Å². The lowest BCUT2D eigenvalue weighted by Crippen LogP contribution is -2.24.